The summed E-state index contributed by atoms with van der Waals surface area (Å²) < 4.78 is 31.1. The highest BCUT2D eigenvalue weighted by molar-refractivity contribution is 5.72. The molecule has 0 amide bonds. The lowest BCUT2D eigenvalue weighted by atomic mass is 9.86. The van der Waals surface area contributed by atoms with Crippen molar-refractivity contribution in [3.63, 3.8) is 0 Å². The molecule has 0 saturated heterocycles. The van der Waals surface area contributed by atoms with E-state index >= 15 is 0 Å². The van der Waals surface area contributed by atoms with Crippen LogP contribution in [-0.2, 0) is 4.79 Å². The molecule has 104 valence electrons. The number of rotatable bonds is 4. The first-order chi connectivity index (χ1) is 9.15. The van der Waals surface area contributed by atoms with E-state index in [-0.39, 0.29) is 12.2 Å². The van der Waals surface area contributed by atoms with Gasteiger partial charge < -0.3 is 4.74 Å². The summed E-state index contributed by atoms with van der Waals surface area (Å²) in [6.07, 6.45) is 7.06. The van der Waals surface area contributed by atoms with Crippen LogP contribution in [0.25, 0.3) is 0 Å². The van der Waals surface area contributed by atoms with Gasteiger partial charge in [0.05, 0.1) is 0 Å². The highest BCUT2D eigenvalue weighted by Crippen LogP contribution is 2.27. The Morgan fingerprint density at radius 2 is 1.95 bits per heavy atom. The maximum atomic E-state index is 13.3. The third kappa shape index (κ3) is 4.30. The molecule has 1 aromatic rings. The van der Waals surface area contributed by atoms with Gasteiger partial charge in [0.15, 0.2) is 11.6 Å². The molecule has 0 unspecified atom stereocenters. The number of halogens is 2. The number of benzene rings is 1. The summed E-state index contributed by atoms with van der Waals surface area (Å²) in [6, 6.07) is 2.85. The van der Waals surface area contributed by atoms with Gasteiger partial charge in [0.2, 0.25) is 0 Å². The van der Waals surface area contributed by atoms with Gasteiger partial charge in [0.1, 0.15) is 5.82 Å². The fourth-order valence-electron chi connectivity index (χ4n) is 2.53. The Labute approximate surface area is 111 Å². The summed E-state index contributed by atoms with van der Waals surface area (Å²) in [4.78, 5) is 11.6. The summed E-state index contributed by atoms with van der Waals surface area (Å²) >= 11 is 0. The molecule has 1 aliphatic carbocycles. The van der Waals surface area contributed by atoms with Gasteiger partial charge in [-0.05, 0) is 24.5 Å². The topological polar surface area (TPSA) is 26.3 Å². The maximum Gasteiger partial charge on any atom is 0.311 e. The van der Waals surface area contributed by atoms with E-state index in [1.54, 1.807) is 0 Å². The molecule has 19 heavy (non-hydrogen) atoms. The zero-order valence-corrected chi connectivity index (χ0v) is 10.8. The average Bonchev–Trinajstić information content (AvgIpc) is 2.42. The van der Waals surface area contributed by atoms with E-state index < -0.39 is 17.6 Å². The van der Waals surface area contributed by atoms with Crippen molar-refractivity contribution in [1.82, 2.24) is 0 Å². The smallest absolute Gasteiger partial charge is 0.311 e. The van der Waals surface area contributed by atoms with Crippen LogP contribution < -0.4 is 4.74 Å². The lowest BCUT2D eigenvalue weighted by Crippen LogP contribution is -2.13. The number of hydrogen-bond donors (Lipinski definition) is 0. The normalized spacial score (nSPS) is 16.3. The zero-order valence-electron chi connectivity index (χ0n) is 10.8. The van der Waals surface area contributed by atoms with Crippen molar-refractivity contribution < 1.29 is 18.3 Å². The summed E-state index contributed by atoms with van der Waals surface area (Å²) in [5.74, 6) is -1.58. The van der Waals surface area contributed by atoms with Gasteiger partial charge in [-0.25, -0.2) is 8.78 Å². The third-order valence-corrected chi connectivity index (χ3v) is 3.60. The number of hydrogen-bond acceptors (Lipinski definition) is 2. The highest BCUT2D eigenvalue weighted by atomic mass is 19.1. The Kier molecular flexibility index (Phi) is 4.88. The molecule has 0 N–H and O–H groups in total. The van der Waals surface area contributed by atoms with Gasteiger partial charge in [-0.1, -0.05) is 32.1 Å². The lowest BCUT2D eigenvalue weighted by molar-refractivity contribution is -0.135. The minimum Gasteiger partial charge on any atom is -0.423 e. The monoisotopic (exact) mass is 268 g/mol. The molecule has 0 atom stereocenters. The van der Waals surface area contributed by atoms with Crippen LogP contribution in [0.3, 0.4) is 0 Å². The van der Waals surface area contributed by atoms with E-state index in [4.69, 9.17) is 4.74 Å². The molecule has 1 aliphatic rings. The van der Waals surface area contributed by atoms with E-state index in [1.807, 2.05) is 0 Å². The predicted octanol–water partition coefficient (Wildman–Crippen LogP) is 4.23. The Bertz CT molecular complexity index is 440. The molecule has 2 rings (SSSR count). The van der Waals surface area contributed by atoms with Crippen LogP contribution in [0, 0.1) is 17.6 Å². The number of esters is 1. The summed E-state index contributed by atoms with van der Waals surface area (Å²) in [6.45, 7) is 0. The average molecular weight is 268 g/mol. The molecule has 2 nitrogen and oxygen atoms in total. The van der Waals surface area contributed by atoms with Crippen LogP contribution in [0.15, 0.2) is 18.2 Å². The second-order valence-electron chi connectivity index (χ2n) is 5.09. The molecular formula is C15H18F2O2. The predicted molar refractivity (Wildman–Crippen MR) is 67.8 cm³/mol. The molecule has 0 heterocycles. The quantitative estimate of drug-likeness (QED) is 0.603. The molecule has 4 heteroatoms. The third-order valence-electron chi connectivity index (χ3n) is 3.60. The van der Waals surface area contributed by atoms with Gasteiger partial charge in [0.25, 0.3) is 0 Å². The van der Waals surface area contributed by atoms with Gasteiger partial charge in [-0.3, -0.25) is 4.79 Å². The van der Waals surface area contributed by atoms with Crippen LogP contribution in [0.5, 0.6) is 5.75 Å². The summed E-state index contributed by atoms with van der Waals surface area (Å²) in [7, 11) is 0. The first-order valence-electron chi connectivity index (χ1n) is 6.81. The Morgan fingerprint density at radius 1 is 1.21 bits per heavy atom. The molecule has 1 fully saturated rings. The minimum atomic E-state index is -0.715. The van der Waals surface area contributed by atoms with Gasteiger partial charge in [-0.15, -0.1) is 0 Å². The van der Waals surface area contributed by atoms with Crippen molar-refractivity contribution in [2.45, 2.75) is 44.9 Å². The largest absolute Gasteiger partial charge is 0.423 e. The summed E-state index contributed by atoms with van der Waals surface area (Å²) in [5.41, 5.74) is 0. The number of carbonyl (C=O) groups excluding carboxylic acids is 1. The van der Waals surface area contributed by atoms with Crippen LogP contribution in [-0.4, -0.2) is 5.97 Å². The zero-order chi connectivity index (χ0) is 13.7. The van der Waals surface area contributed by atoms with Crippen LogP contribution in [0.4, 0.5) is 8.78 Å². The number of ether oxygens (including phenoxy) is 1. The molecule has 0 aliphatic heterocycles. The van der Waals surface area contributed by atoms with E-state index in [0.29, 0.717) is 5.92 Å². The molecular weight excluding hydrogens is 250 g/mol. The SMILES string of the molecule is O=C(CCC1CCCCC1)Oc1cc(F)ccc1F. The molecule has 1 aromatic carbocycles. The molecule has 0 spiro atoms. The first-order valence-corrected chi connectivity index (χ1v) is 6.81. The molecule has 0 bridgehead atoms. The van der Waals surface area contributed by atoms with E-state index in [2.05, 4.69) is 0 Å². The fraction of sp³-hybridized carbons (Fsp3) is 0.533. The van der Waals surface area contributed by atoms with Crippen molar-refractivity contribution in [3.05, 3.63) is 29.8 Å². The van der Waals surface area contributed by atoms with Gasteiger partial charge in [0, 0.05) is 12.5 Å². The van der Waals surface area contributed by atoms with Crippen molar-refractivity contribution >= 4 is 5.97 Å². The van der Waals surface area contributed by atoms with Crippen molar-refractivity contribution in [1.29, 1.82) is 0 Å². The van der Waals surface area contributed by atoms with Crippen LogP contribution >= 0.6 is 0 Å². The van der Waals surface area contributed by atoms with E-state index in [9.17, 15) is 13.6 Å². The van der Waals surface area contributed by atoms with Crippen molar-refractivity contribution in [2.24, 2.45) is 5.92 Å². The molecule has 0 aromatic heterocycles. The Morgan fingerprint density at radius 3 is 2.68 bits per heavy atom. The number of carbonyl (C=O) groups is 1. The second kappa shape index (κ2) is 6.64. The fourth-order valence-corrected chi connectivity index (χ4v) is 2.53. The van der Waals surface area contributed by atoms with Crippen LogP contribution in [0.1, 0.15) is 44.9 Å². The molecule has 0 radical (unpaired) electrons. The van der Waals surface area contributed by atoms with Crippen molar-refractivity contribution in [3.8, 4) is 5.75 Å². The second-order valence-corrected chi connectivity index (χ2v) is 5.09. The minimum absolute atomic E-state index is 0.265. The first kappa shape index (κ1) is 14.0. The van der Waals surface area contributed by atoms with Crippen LogP contribution in [0.2, 0.25) is 0 Å². The Hall–Kier alpha value is -1.45. The standard InChI is InChI=1S/C15H18F2O2/c16-12-7-8-13(17)14(10-12)19-15(18)9-6-11-4-2-1-3-5-11/h7-8,10-11H,1-6,9H2. The van der Waals surface area contributed by atoms with Crippen molar-refractivity contribution in [2.75, 3.05) is 0 Å². The van der Waals surface area contributed by atoms with Gasteiger partial charge >= 0.3 is 5.97 Å². The van der Waals surface area contributed by atoms with Gasteiger partial charge in [-0.2, -0.15) is 0 Å². The lowest BCUT2D eigenvalue weighted by Gasteiger charge is -2.20. The maximum absolute atomic E-state index is 13.3. The van der Waals surface area contributed by atoms with E-state index in [1.165, 1.54) is 19.3 Å². The molecule has 1 saturated carbocycles. The summed E-state index contributed by atoms with van der Waals surface area (Å²) in [5, 5.41) is 0. The Balaban J connectivity index is 1.81. The van der Waals surface area contributed by atoms with E-state index in [0.717, 1.165) is 37.5 Å². The highest BCUT2D eigenvalue weighted by Gasteiger charge is 2.16.